The number of aromatic nitrogens is 3. The molecule has 6 nitrogen and oxygen atoms in total. The molecule has 0 aliphatic heterocycles. The topological polar surface area (TPSA) is 80.0 Å². The van der Waals surface area contributed by atoms with Gasteiger partial charge in [0, 0.05) is 18.2 Å². The Hall–Kier alpha value is -2.28. The van der Waals surface area contributed by atoms with E-state index in [1.54, 1.807) is 0 Å². The maximum Gasteiger partial charge on any atom is 0.251 e. The third kappa shape index (κ3) is 3.63. The summed E-state index contributed by atoms with van der Waals surface area (Å²) in [4.78, 5) is 15.8. The first-order valence-electron chi connectivity index (χ1n) is 6.72. The van der Waals surface area contributed by atoms with E-state index in [9.17, 15) is 9.18 Å². The third-order valence-electron chi connectivity index (χ3n) is 3.18. The summed E-state index contributed by atoms with van der Waals surface area (Å²) in [6, 6.07) is 4.05. The molecule has 2 rings (SSSR count). The number of carbonyl (C=O) groups is 1. The van der Waals surface area contributed by atoms with Crippen LogP contribution in [0.25, 0.3) is 5.69 Å². The zero-order valence-electron chi connectivity index (χ0n) is 11.7. The number of nitrogens with zero attached hydrogens (tertiary/aromatic N) is 3. The Kier molecular flexibility index (Phi) is 4.99. The van der Waals surface area contributed by atoms with E-state index in [4.69, 9.17) is 5.11 Å². The van der Waals surface area contributed by atoms with E-state index >= 15 is 0 Å². The minimum absolute atomic E-state index is 0.00160. The van der Waals surface area contributed by atoms with Gasteiger partial charge in [-0.25, -0.2) is 14.1 Å². The molecule has 0 aliphatic rings. The van der Waals surface area contributed by atoms with Gasteiger partial charge in [0.05, 0.1) is 0 Å². The second-order valence-corrected chi connectivity index (χ2v) is 4.60. The number of carbonyl (C=O) groups excluding carboxylic acids is 1. The van der Waals surface area contributed by atoms with Crippen LogP contribution in [0, 0.1) is 5.82 Å². The van der Waals surface area contributed by atoms with E-state index in [1.165, 1.54) is 29.5 Å². The predicted molar refractivity (Wildman–Crippen MR) is 74.6 cm³/mol. The van der Waals surface area contributed by atoms with Crippen LogP contribution in [-0.4, -0.2) is 38.4 Å². The molecule has 1 aromatic carbocycles. The fourth-order valence-corrected chi connectivity index (χ4v) is 1.97. The molecule has 0 radical (unpaired) electrons. The largest absolute Gasteiger partial charge is 0.396 e. The standard InChI is InChI=1S/C14H17FN4O2/c1-2-11(5-6-20)18-14(21)10-3-4-13(12(15)7-10)19-9-16-8-17-19/h3-4,7-9,11,20H,2,5-6H2,1H3,(H,18,21). The van der Waals surface area contributed by atoms with Crippen molar-refractivity contribution >= 4 is 5.91 Å². The molecule has 0 spiro atoms. The zero-order valence-corrected chi connectivity index (χ0v) is 11.7. The van der Waals surface area contributed by atoms with Gasteiger partial charge >= 0.3 is 0 Å². The van der Waals surface area contributed by atoms with Gasteiger partial charge in [0.1, 0.15) is 24.2 Å². The number of aliphatic hydroxyl groups excluding tert-OH is 1. The molecular formula is C14H17FN4O2. The monoisotopic (exact) mass is 292 g/mol. The van der Waals surface area contributed by atoms with E-state index in [0.29, 0.717) is 12.8 Å². The maximum absolute atomic E-state index is 14.0. The van der Waals surface area contributed by atoms with E-state index in [0.717, 1.165) is 6.07 Å². The number of benzene rings is 1. The summed E-state index contributed by atoms with van der Waals surface area (Å²) in [6.07, 6.45) is 3.86. The van der Waals surface area contributed by atoms with Crippen molar-refractivity contribution in [1.82, 2.24) is 20.1 Å². The van der Waals surface area contributed by atoms with Crippen molar-refractivity contribution in [1.29, 1.82) is 0 Å². The van der Waals surface area contributed by atoms with Crippen LogP contribution in [0.1, 0.15) is 30.1 Å². The predicted octanol–water partition coefficient (Wildman–Crippen LogP) is 1.30. The molecule has 0 aliphatic carbocycles. The molecule has 0 saturated heterocycles. The highest BCUT2D eigenvalue weighted by molar-refractivity contribution is 5.94. The summed E-state index contributed by atoms with van der Waals surface area (Å²) in [5.41, 5.74) is 0.458. The van der Waals surface area contributed by atoms with Crippen molar-refractivity contribution in [3.63, 3.8) is 0 Å². The maximum atomic E-state index is 14.0. The molecule has 2 N–H and O–H groups in total. The second-order valence-electron chi connectivity index (χ2n) is 4.60. The van der Waals surface area contributed by atoms with Crippen LogP contribution in [0.15, 0.2) is 30.9 Å². The van der Waals surface area contributed by atoms with Crippen molar-refractivity contribution in [2.45, 2.75) is 25.8 Å². The molecule has 21 heavy (non-hydrogen) atoms. The van der Waals surface area contributed by atoms with Gasteiger partial charge in [-0.15, -0.1) is 0 Å². The lowest BCUT2D eigenvalue weighted by Gasteiger charge is -2.16. The normalized spacial score (nSPS) is 12.1. The van der Waals surface area contributed by atoms with Gasteiger partial charge in [0.15, 0.2) is 0 Å². The number of amides is 1. The van der Waals surface area contributed by atoms with Crippen molar-refractivity contribution in [2.24, 2.45) is 0 Å². The Labute approximate surface area is 121 Å². The summed E-state index contributed by atoms with van der Waals surface area (Å²) in [5, 5.41) is 15.5. The smallest absolute Gasteiger partial charge is 0.251 e. The Balaban J connectivity index is 2.14. The number of halogens is 1. The molecule has 0 saturated carbocycles. The lowest BCUT2D eigenvalue weighted by molar-refractivity contribution is 0.0928. The highest BCUT2D eigenvalue weighted by Gasteiger charge is 2.14. The number of hydrogen-bond donors (Lipinski definition) is 2. The fourth-order valence-electron chi connectivity index (χ4n) is 1.97. The van der Waals surface area contributed by atoms with Gasteiger partial charge in [0.25, 0.3) is 5.91 Å². The molecule has 0 bridgehead atoms. The summed E-state index contributed by atoms with van der Waals surface area (Å²) in [7, 11) is 0. The third-order valence-corrected chi connectivity index (χ3v) is 3.18. The van der Waals surface area contributed by atoms with Gasteiger partial charge in [-0.2, -0.15) is 5.10 Å². The molecule has 1 atom stereocenters. The molecule has 7 heteroatoms. The van der Waals surface area contributed by atoms with Crippen LogP contribution in [-0.2, 0) is 0 Å². The van der Waals surface area contributed by atoms with Crippen LogP contribution in [0.4, 0.5) is 4.39 Å². The van der Waals surface area contributed by atoms with Crippen molar-refractivity contribution in [3.8, 4) is 5.69 Å². The SMILES string of the molecule is CCC(CCO)NC(=O)c1ccc(-n2cncn2)c(F)c1. The highest BCUT2D eigenvalue weighted by atomic mass is 19.1. The molecule has 112 valence electrons. The molecule has 1 heterocycles. The highest BCUT2D eigenvalue weighted by Crippen LogP contribution is 2.14. The van der Waals surface area contributed by atoms with Crippen molar-refractivity contribution < 1.29 is 14.3 Å². The van der Waals surface area contributed by atoms with E-state index in [2.05, 4.69) is 15.4 Å². The van der Waals surface area contributed by atoms with Crippen LogP contribution < -0.4 is 5.32 Å². The summed E-state index contributed by atoms with van der Waals surface area (Å²) < 4.78 is 15.3. The van der Waals surface area contributed by atoms with Crippen LogP contribution >= 0.6 is 0 Å². The summed E-state index contributed by atoms with van der Waals surface area (Å²) >= 11 is 0. The Morgan fingerprint density at radius 1 is 1.52 bits per heavy atom. The number of aliphatic hydroxyl groups is 1. The van der Waals surface area contributed by atoms with Crippen LogP contribution in [0.3, 0.4) is 0 Å². The van der Waals surface area contributed by atoms with Gasteiger partial charge in [-0.1, -0.05) is 6.92 Å². The number of nitrogens with one attached hydrogen (secondary N) is 1. The molecule has 2 aromatic rings. The minimum atomic E-state index is -0.552. The van der Waals surface area contributed by atoms with Crippen LogP contribution in [0.5, 0.6) is 0 Å². The molecule has 1 unspecified atom stereocenters. The van der Waals surface area contributed by atoms with Gasteiger partial charge in [-0.3, -0.25) is 4.79 Å². The lowest BCUT2D eigenvalue weighted by atomic mass is 10.1. The molecule has 1 aromatic heterocycles. The quantitative estimate of drug-likeness (QED) is 0.841. The lowest BCUT2D eigenvalue weighted by Crippen LogP contribution is -2.35. The molecule has 1 amide bonds. The first kappa shape index (κ1) is 15.1. The average molecular weight is 292 g/mol. The van der Waals surface area contributed by atoms with E-state index in [-0.39, 0.29) is 29.8 Å². The fraction of sp³-hybridized carbons (Fsp3) is 0.357. The van der Waals surface area contributed by atoms with E-state index < -0.39 is 5.82 Å². The summed E-state index contributed by atoms with van der Waals surface area (Å²) in [5.74, 6) is -0.914. The van der Waals surface area contributed by atoms with Gasteiger partial charge in [-0.05, 0) is 31.0 Å². The Morgan fingerprint density at radius 2 is 2.33 bits per heavy atom. The average Bonchev–Trinajstić information content (AvgIpc) is 3.00. The van der Waals surface area contributed by atoms with Crippen molar-refractivity contribution in [3.05, 3.63) is 42.2 Å². The molecular weight excluding hydrogens is 275 g/mol. The first-order chi connectivity index (χ1) is 10.2. The van der Waals surface area contributed by atoms with Crippen LogP contribution in [0.2, 0.25) is 0 Å². The Morgan fingerprint density at radius 3 is 2.90 bits per heavy atom. The number of hydrogen-bond acceptors (Lipinski definition) is 4. The zero-order chi connectivity index (χ0) is 15.2. The molecule has 0 fully saturated rings. The van der Waals surface area contributed by atoms with Crippen molar-refractivity contribution in [2.75, 3.05) is 6.61 Å². The second kappa shape index (κ2) is 6.94. The number of rotatable bonds is 6. The van der Waals surface area contributed by atoms with Gasteiger partial charge in [0.2, 0.25) is 0 Å². The Bertz CT molecular complexity index is 601. The van der Waals surface area contributed by atoms with Gasteiger partial charge < -0.3 is 10.4 Å². The minimum Gasteiger partial charge on any atom is -0.396 e. The first-order valence-corrected chi connectivity index (χ1v) is 6.72. The summed E-state index contributed by atoms with van der Waals surface area (Å²) in [6.45, 7) is 1.91. The van der Waals surface area contributed by atoms with E-state index in [1.807, 2.05) is 6.92 Å².